The average Bonchev–Trinajstić information content (AvgIpc) is 3.71. The summed E-state index contributed by atoms with van der Waals surface area (Å²) in [6.07, 6.45) is 4.33. The summed E-state index contributed by atoms with van der Waals surface area (Å²) in [6.45, 7) is 3.78. The summed E-state index contributed by atoms with van der Waals surface area (Å²) in [5, 5.41) is 0. The fraction of sp³-hybridized carbons (Fsp3) is 0.139. The number of esters is 1. The molecule has 3 heterocycles. The van der Waals surface area contributed by atoms with E-state index in [9.17, 15) is 14.4 Å². The van der Waals surface area contributed by atoms with Crippen LogP contribution in [0.15, 0.2) is 123 Å². The number of aromatic nitrogens is 4. The van der Waals surface area contributed by atoms with Crippen molar-refractivity contribution in [1.82, 2.24) is 18.7 Å². The maximum atomic E-state index is 14.3. The van der Waals surface area contributed by atoms with Gasteiger partial charge in [0.2, 0.25) is 0 Å². The third-order valence-corrected chi connectivity index (χ3v) is 8.13. The molecule has 0 radical (unpaired) electrons. The van der Waals surface area contributed by atoms with Crippen LogP contribution in [-0.4, -0.2) is 24.7 Å². The highest BCUT2D eigenvalue weighted by Gasteiger charge is 2.32. The van der Waals surface area contributed by atoms with Gasteiger partial charge in [-0.1, -0.05) is 48.5 Å². The van der Waals surface area contributed by atoms with E-state index in [2.05, 4.69) is 0 Å². The lowest BCUT2D eigenvalue weighted by molar-refractivity contribution is -0.128. The maximum absolute atomic E-state index is 14.3. The molecule has 0 atom stereocenters. The quantitative estimate of drug-likeness (QED) is 0.127. The van der Waals surface area contributed by atoms with E-state index >= 15 is 0 Å². The number of benzene rings is 3. The number of carbonyl (C=O) groups excluding carboxylic acids is 1. The van der Waals surface area contributed by atoms with E-state index in [1.807, 2.05) is 98.0 Å². The first-order valence-corrected chi connectivity index (χ1v) is 14.5. The standard InChI is InChI=1S/C36H32N4O5/c1-24-32(35(42)39(37(24)3)27-12-7-5-8-13-27)34(33-25(2)38(4)40(36(33)43)28-14-9-6-10-15-28)26-17-19-30(20-18-26)45-31(41)22-21-29-16-11-23-44-29/h5-23,34H,1-4H3/b22-21-. The van der Waals surface area contributed by atoms with Crippen LogP contribution in [-0.2, 0) is 18.9 Å². The number of furan rings is 1. The number of carbonyl (C=O) groups is 1. The zero-order valence-electron chi connectivity index (χ0n) is 25.4. The SMILES string of the molecule is Cc1c(C(c2ccc(OC(=O)/C=C\c3ccco3)cc2)c2c(C)n(C)n(-c3ccccc3)c2=O)c(=O)n(-c2ccccc2)n1C. The molecular weight excluding hydrogens is 568 g/mol. The van der Waals surface area contributed by atoms with Crippen LogP contribution < -0.4 is 15.9 Å². The Morgan fingerprint density at radius 3 is 1.69 bits per heavy atom. The first-order valence-electron chi connectivity index (χ1n) is 14.5. The third-order valence-electron chi connectivity index (χ3n) is 8.13. The molecule has 0 amide bonds. The van der Waals surface area contributed by atoms with Crippen LogP contribution >= 0.6 is 0 Å². The van der Waals surface area contributed by atoms with Crippen molar-refractivity contribution in [3.8, 4) is 17.1 Å². The molecule has 0 spiro atoms. The highest BCUT2D eigenvalue weighted by atomic mass is 16.5. The molecule has 0 fully saturated rings. The van der Waals surface area contributed by atoms with Gasteiger partial charge in [0.25, 0.3) is 11.1 Å². The molecular formula is C36H32N4O5. The van der Waals surface area contributed by atoms with Gasteiger partial charge in [-0.05, 0) is 74.0 Å². The second kappa shape index (κ2) is 12.0. The number of rotatable bonds is 8. The fourth-order valence-corrected chi connectivity index (χ4v) is 5.74. The van der Waals surface area contributed by atoms with Gasteiger partial charge in [-0.2, -0.15) is 0 Å². The van der Waals surface area contributed by atoms with Crippen LogP contribution in [0.5, 0.6) is 5.75 Å². The van der Waals surface area contributed by atoms with E-state index < -0.39 is 11.9 Å². The molecule has 0 aliphatic carbocycles. The van der Waals surface area contributed by atoms with Crippen LogP contribution in [0.25, 0.3) is 17.5 Å². The van der Waals surface area contributed by atoms with Crippen molar-refractivity contribution in [3.05, 3.63) is 164 Å². The molecule has 0 N–H and O–H groups in total. The third kappa shape index (κ3) is 5.40. The zero-order chi connectivity index (χ0) is 31.7. The summed E-state index contributed by atoms with van der Waals surface area (Å²) >= 11 is 0. The van der Waals surface area contributed by atoms with E-state index in [4.69, 9.17) is 9.15 Å². The summed E-state index contributed by atoms with van der Waals surface area (Å²) in [4.78, 5) is 41.1. The van der Waals surface area contributed by atoms with Crippen molar-refractivity contribution in [1.29, 1.82) is 0 Å². The van der Waals surface area contributed by atoms with Crippen LogP contribution in [0.1, 0.15) is 39.8 Å². The molecule has 3 aromatic carbocycles. The molecule has 0 bridgehead atoms. The first kappa shape index (κ1) is 29.3. The highest BCUT2D eigenvalue weighted by Crippen LogP contribution is 2.34. The van der Waals surface area contributed by atoms with Gasteiger partial charge in [0.1, 0.15) is 11.5 Å². The van der Waals surface area contributed by atoms with Crippen molar-refractivity contribution < 1.29 is 13.9 Å². The van der Waals surface area contributed by atoms with E-state index in [0.717, 1.165) is 22.8 Å². The van der Waals surface area contributed by atoms with E-state index in [1.54, 1.807) is 45.8 Å². The average molecular weight is 601 g/mol. The van der Waals surface area contributed by atoms with Crippen LogP contribution in [0.2, 0.25) is 0 Å². The summed E-state index contributed by atoms with van der Waals surface area (Å²) in [5.74, 6) is -0.417. The lowest BCUT2D eigenvalue weighted by Gasteiger charge is -2.17. The number of ether oxygens (including phenoxy) is 1. The lowest BCUT2D eigenvalue weighted by Crippen LogP contribution is -2.26. The summed E-state index contributed by atoms with van der Waals surface area (Å²) in [6, 6.07) is 29.2. The molecule has 226 valence electrons. The molecule has 0 saturated heterocycles. The molecule has 6 aromatic rings. The summed E-state index contributed by atoms with van der Waals surface area (Å²) in [7, 11) is 3.67. The van der Waals surface area contributed by atoms with Gasteiger partial charge < -0.3 is 9.15 Å². The van der Waals surface area contributed by atoms with Crippen LogP contribution in [0.4, 0.5) is 0 Å². The van der Waals surface area contributed by atoms with Gasteiger partial charge in [0.15, 0.2) is 0 Å². The highest BCUT2D eigenvalue weighted by molar-refractivity contribution is 5.88. The number of hydrogen-bond acceptors (Lipinski definition) is 5. The zero-order valence-corrected chi connectivity index (χ0v) is 25.4. The first-order chi connectivity index (χ1) is 21.8. The van der Waals surface area contributed by atoms with Gasteiger partial charge in [0, 0.05) is 37.5 Å². The summed E-state index contributed by atoms with van der Waals surface area (Å²) < 4.78 is 17.6. The van der Waals surface area contributed by atoms with E-state index in [0.29, 0.717) is 28.2 Å². The van der Waals surface area contributed by atoms with Crippen molar-refractivity contribution in [2.45, 2.75) is 19.8 Å². The van der Waals surface area contributed by atoms with Crippen molar-refractivity contribution in [2.24, 2.45) is 14.1 Å². The predicted octanol–water partition coefficient (Wildman–Crippen LogP) is 5.67. The Bertz CT molecular complexity index is 2010. The van der Waals surface area contributed by atoms with E-state index in [1.165, 1.54) is 18.4 Å². The lowest BCUT2D eigenvalue weighted by atomic mass is 9.85. The minimum atomic E-state index is -0.707. The van der Waals surface area contributed by atoms with Gasteiger partial charge in [-0.25, -0.2) is 14.2 Å². The number of nitrogens with zero attached hydrogens (tertiary/aromatic N) is 4. The van der Waals surface area contributed by atoms with E-state index in [-0.39, 0.29) is 11.1 Å². The van der Waals surface area contributed by atoms with Crippen molar-refractivity contribution >= 4 is 12.0 Å². The molecule has 0 saturated carbocycles. The second-order valence-corrected chi connectivity index (χ2v) is 10.7. The smallest absolute Gasteiger partial charge is 0.336 e. The van der Waals surface area contributed by atoms with Crippen molar-refractivity contribution in [3.63, 3.8) is 0 Å². The predicted molar refractivity (Wildman–Crippen MR) is 172 cm³/mol. The molecule has 0 unspecified atom stereocenters. The molecule has 3 aromatic heterocycles. The topological polar surface area (TPSA) is 93.3 Å². The Labute approximate surface area is 259 Å². The van der Waals surface area contributed by atoms with Gasteiger partial charge in [-0.3, -0.25) is 19.0 Å². The second-order valence-electron chi connectivity index (χ2n) is 10.7. The molecule has 9 heteroatoms. The number of para-hydroxylation sites is 2. The van der Waals surface area contributed by atoms with Gasteiger partial charge in [-0.15, -0.1) is 0 Å². The molecule has 6 rings (SSSR count). The van der Waals surface area contributed by atoms with Crippen LogP contribution in [0.3, 0.4) is 0 Å². The Morgan fingerprint density at radius 2 is 1.22 bits per heavy atom. The number of hydrogen-bond donors (Lipinski definition) is 0. The fourth-order valence-electron chi connectivity index (χ4n) is 5.74. The molecule has 9 nitrogen and oxygen atoms in total. The van der Waals surface area contributed by atoms with Gasteiger partial charge in [0.05, 0.1) is 28.8 Å². The summed E-state index contributed by atoms with van der Waals surface area (Å²) in [5.41, 5.74) is 4.11. The Balaban J connectivity index is 1.49. The Hall–Kier alpha value is -5.83. The molecule has 45 heavy (non-hydrogen) atoms. The molecule has 0 aliphatic heterocycles. The monoisotopic (exact) mass is 600 g/mol. The largest absolute Gasteiger partial charge is 0.465 e. The van der Waals surface area contributed by atoms with Gasteiger partial charge >= 0.3 is 5.97 Å². The molecule has 0 aliphatic rings. The maximum Gasteiger partial charge on any atom is 0.336 e. The van der Waals surface area contributed by atoms with Crippen molar-refractivity contribution in [2.75, 3.05) is 0 Å². The Kier molecular flexibility index (Phi) is 7.83. The Morgan fingerprint density at radius 1 is 0.711 bits per heavy atom. The minimum absolute atomic E-state index is 0.223. The van der Waals surface area contributed by atoms with Crippen LogP contribution in [0, 0.1) is 13.8 Å². The minimum Gasteiger partial charge on any atom is -0.465 e. The normalized spacial score (nSPS) is 11.5.